The maximum atomic E-state index is 5.30. The molecule has 0 radical (unpaired) electrons. The van der Waals surface area contributed by atoms with Gasteiger partial charge in [0, 0.05) is 50.6 Å². The van der Waals surface area contributed by atoms with Crippen LogP contribution in [0.3, 0.4) is 0 Å². The molecule has 11 aromatic rings. The summed E-state index contributed by atoms with van der Waals surface area (Å²) in [5.41, 5.74) is 14.0. The fourth-order valence-electron chi connectivity index (χ4n) is 8.81. The van der Waals surface area contributed by atoms with Crippen molar-refractivity contribution in [3.8, 4) is 44.9 Å². The van der Waals surface area contributed by atoms with Gasteiger partial charge in [-0.05, 0) is 111 Å². The standard InChI is InChI=1S/C48H28N4/c1-2-11-33(12-3-1)51-44-19-17-32(25-38(44)39-23-29-9-4-5-10-30(29)26-46(39)51)31-18-20-45-37(24-31)35-13-6-7-16-43(35)52(45)47-27-40-41-28-49-22-21-34(41)36-14-8-15-42(50-47)48(36)40/h1-28H. The lowest BCUT2D eigenvalue weighted by atomic mass is 10.00. The van der Waals surface area contributed by atoms with E-state index in [1.807, 2.05) is 12.4 Å². The van der Waals surface area contributed by atoms with Gasteiger partial charge in [0.2, 0.25) is 0 Å². The molecule has 0 bridgehead atoms. The predicted octanol–water partition coefficient (Wildman–Crippen LogP) is 12.3. The predicted molar refractivity (Wildman–Crippen MR) is 216 cm³/mol. The third kappa shape index (κ3) is 3.75. The van der Waals surface area contributed by atoms with Gasteiger partial charge < -0.3 is 4.57 Å². The minimum atomic E-state index is 0.915. The smallest absolute Gasteiger partial charge is 0.138 e. The molecule has 4 aromatic heterocycles. The van der Waals surface area contributed by atoms with Crippen molar-refractivity contribution in [1.29, 1.82) is 0 Å². The van der Waals surface area contributed by atoms with Gasteiger partial charge in [-0.25, -0.2) is 4.98 Å². The van der Waals surface area contributed by atoms with Crippen LogP contribution in [0.5, 0.6) is 0 Å². The number of rotatable bonds is 3. The van der Waals surface area contributed by atoms with Gasteiger partial charge in [0.15, 0.2) is 0 Å². The van der Waals surface area contributed by atoms with Gasteiger partial charge in [0.1, 0.15) is 5.82 Å². The molecule has 1 aliphatic carbocycles. The van der Waals surface area contributed by atoms with Crippen LogP contribution in [0.4, 0.5) is 0 Å². The van der Waals surface area contributed by atoms with Crippen LogP contribution in [0.1, 0.15) is 0 Å². The summed E-state index contributed by atoms with van der Waals surface area (Å²) < 4.78 is 4.73. The Kier molecular flexibility index (Phi) is 5.47. The highest BCUT2D eigenvalue weighted by atomic mass is 15.1. The highest BCUT2D eigenvalue weighted by molar-refractivity contribution is 6.17. The molecule has 4 nitrogen and oxygen atoms in total. The van der Waals surface area contributed by atoms with Crippen molar-refractivity contribution >= 4 is 65.3 Å². The van der Waals surface area contributed by atoms with Crippen molar-refractivity contribution in [1.82, 2.24) is 19.1 Å². The summed E-state index contributed by atoms with van der Waals surface area (Å²) in [5.74, 6) is 0.915. The van der Waals surface area contributed by atoms with E-state index in [1.165, 1.54) is 76.6 Å². The van der Waals surface area contributed by atoms with E-state index < -0.39 is 0 Å². The second-order valence-corrected chi connectivity index (χ2v) is 13.9. The molecule has 0 saturated heterocycles. The van der Waals surface area contributed by atoms with Crippen LogP contribution < -0.4 is 0 Å². The fraction of sp³-hybridized carbons (Fsp3) is 0. The quantitative estimate of drug-likeness (QED) is 0.189. The van der Waals surface area contributed by atoms with Gasteiger partial charge in [-0.15, -0.1) is 0 Å². The summed E-state index contributed by atoms with van der Waals surface area (Å²) in [7, 11) is 0. The van der Waals surface area contributed by atoms with E-state index in [2.05, 4.69) is 172 Å². The van der Waals surface area contributed by atoms with Crippen molar-refractivity contribution in [2.75, 3.05) is 0 Å². The molecule has 4 heterocycles. The Balaban J connectivity index is 1.08. The first-order valence-electron chi connectivity index (χ1n) is 17.7. The molecule has 52 heavy (non-hydrogen) atoms. The molecule has 12 rings (SSSR count). The third-order valence-corrected chi connectivity index (χ3v) is 11.1. The number of pyridine rings is 2. The average molecular weight is 661 g/mol. The lowest BCUT2D eigenvalue weighted by molar-refractivity contribution is 1.10. The molecule has 0 amide bonds. The van der Waals surface area contributed by atoms with Gasteiger partial charge in [-0.3, -0.25) is 9.55 Å². The molecule has 1 aliphatic rings. The Hall–Kier alpha value is -7.04. The Morgan fingerprint density at radius 1 is 0.404 bits per heavy atom. The Labute approximate surface area is 298 Å². The molecule has 4 heteroatoms. The van der Waals surface area contributed by atoms with E-state index in [9.17, 15) is 0 Å². The topological polar surface area (TPSA) is 35.6 Å². The van der Waals surface area contributed by atoms with Crippen molar-refractivity contribution in [2.45, 2.75) is 0 Å². The van der Waals surface area contributed by atoms with E-state index in [1.54, 1.807) is 0 Å². The molecular formula is C48H28N4. The Morgan fingerprint density at radius 2 is 1.10 bits per heavy atom. The highest BCUT2D eigenvalue weighted by Crippen LogP contribution is 2.47. The highest BCUT2D eigenvalue weighted by Gasteiger charge is 2.24. The van der Waals surface area contributed by atoms with Crippen LogP contribution in [-0.2, 0) is 0 Å². The average Bonchev–Trinajstić information content (AvgIpc) is 3.83. The van der Waals surface area contributed by atoms with Gasteiger partial charge >= 0.3 is 0 Å². The molecule has 0 aliphatic heterocycles. The first-order chi connectivity index (χ1) is 25.8. The molecule has 7 aromatic carbocycles. The molecule has 0 saturated carbocycles. The van der Waals surface area contributed by atoms with Gasteiger partial charge in [-0.2, -0.15) is 0 Å². The van der Waals surface area contributed by atoms with E-state index in [-0.39, 0.29) is 0 Å². The van der Waals surface area contributed by atoms with Gasteiger partial charge in [-0.1, -0.05) is 84.9 Å². The van der Waals surface area contributed by atoms with Crippen LogP contribution in [0.2, 0.25) is 0 Å². The molecule has 0 spiro atoms. The van der Waals surface area contributed by atoms with E-state index >= 15 is 0 Å². The number of fused-ring (bicyclic) bond motifs is 10. The van der Waals surface area contributed by atoms with Crippen molar-refractivity contribution in [2.24, 2.45) is 0 Å². The summed E-state index contributed by atoms with van der Waals surface area (Å²) in [6.45, 7) is 0. The van der Waals surface area contributed by atoms with Crippen LogP contribution in [0, 0.1) is 0 Å². The van der Waals surface area contributed by atoms with Crippen LogP contribution in [0.15, 0.2) is 170 Å². The van der Waals surface area contributed by atoms with Crippen LogP contribution >= 0.6 is 0 Å². The monoisotopic (exact) mass is 660 g/mol. The molecule has 240 valence electrons. The van der Waals surface area contributed by atoms with Crippen LogP contribution in [0.25, 0.3) is 110 Å². The lowest BCUT2D eigenvalue weighted by Gasteiger charge is -2.11. The minimum absolute atomic E-state index is 0.915. The normalized spacial score (nSPS) is 12.2. The van der Waals surface area contributed by atoms with E-state index in [0.29, 0.717) is 0 Å². The zero-order chi connectivity index (χ0) is 33.9. The number of nitrogens with zero attached hydrogens (tertiary/aromatic N) is 4. The second kappa shape index (κ2) is 10.3. The van der Waals surface area contributed by atoms with Crippen LogP contribution in [-0.4, -0.2) is 19.1 Å². The second-order valence-electron chi connectivity index (χ2n) is 13.9. The zero-order valence-electron chi connectivity index (χ0n) is 28.0. The zero-order valence-corrected chi connectivity index (χ0v) is 28.0. The SMILES string of the molecule is c1ccc(-n2c3ccc(-c4ccc5c(c4)c4ccccc4n5-c4cc5c6c(cccc6n4)-c4ccncc4-5)cc3c3cc4ccccc4cc32)cc1. The summed E-state index contributed by atoms with van der Waals surface area (Å²) in [5, 5.41) is 8.62. The lowest BCUT2D eigenvalue weighted by Crippen LogP contribution is -1.98. The molecule has 0 atom stereocenters. The van der Waals surface area contributed by atoms with Crippen molar-refractivity contribution in [3.05, 3.63) is 170 Å². The molecule has 0 unspecified atom stereocenters. The number of para-hydroxylation sites is 2. The van der Waals surface area contributed by atoms with E-state index in [0.717, 1.165) is 33.6 Å². The van der Waals surface area contributed by atoms with Crippen molar-refractivity contribution < 1.29 is 0 Å². The summed E-state index contributed by atoms with van der Waals surface area (Å²) in [6.07, 6.45) is 3.87. The summed E-state index contributed by atoms with van der Waals surface area (Å²) >= 11 is 0. The molecular weight excluding hydrogens is 633 g/mol. The Morgan fingerprint density at radius 3 is 1.94 bits per heavy atom. The maximum absolute atomic E-state index is 5.30. The Bertz CT molecular complexity index is 3290. The fourth-order valence-corrected chi connectivity index (χ4v) is 8.81. The summed E-state index contributed by atoms with van der Waals surface area (Å²) in [4.78, 5) is 9.79. The number of hydrogen-bond donors (Lipinski definition) is 0. The van der Waals surface area contributed by atoms with E-state index in [4.69, 9.17) is 4.98 Å². The first kappa shape index (κ1) is 27.7. The van der Waals surface area contributed by atoms with Gasteiger partial charge in [0.05, 0.1) is 27.6 Å². The largest absolute Gasteiger partial charge is 0.309 e. The minimum Gasteiger partial charge on any atom is -0.309 e. The first-order valence-corrected chi connectivity index (χ1v) is 17.7. The van der Waals surface area contributed by atoms with Crippen molar-refractivity contribution in [3.63, 3.8) is 0 Å². The van der Waals surface area contributed by atoms with Gasteiger partial charge in [0.25, 0.3) is 0 Å². The third-order valence-electron chi connectivity index (χ3n) is 11.1. The number of hydrogen-bond acceptors (Lipinski definition) is 2. The molecule has 0 N–H and O–H groups in total. The number of aromatic nitrogens is 4. The number of benzene rings is 7. The molecule has 0 fully saturated rings. The maximum Gasteiger partial charge on any atom is 0.138 e. The summed E-state index contributed by atoms with van der Waals surface area (Å²) in [6, 6.07) is 57.4.